The number of hydrogen-bond donors (Lipinski definition) is 0. The Morgan fingerprint density at radius 2 is 0.871 bits per heavy atom. The average Bonchev–Trinajstić information content (AvgIpc) is 3.24. The minimum Gasteiger partial charge on any atom is -0.255 e. The van der Waals surface area contributed by atoms with E-state index in [0.29, 0.717) is 33.8 Å². The van der Waals surface area contributed by atoms with Gasteiger partial charge in [-0.2, -0.15) is 0 Å². The van der Waals surface area contributed by atoms with E-state index in [9.17, 15) is 16.8 Å². The fraction of sp³-hybridized carbons (Fsp3) is 0.125. The van der Waals surface area contributed by atoms with Gasteiger partial charge in [-0.1, -0.05) is 110 Å². The molecule has 318 valence electrons. The highest BCUT2D eigenvalue weighted by Crippen LogP contribution is 2.42. The molecule has 9 nitrogen and oxygen atoms in total. The summed E-state index contributed by atoms with van der Waals surface area (Å²) in [5.41, 5.74) is 4.85. The largest absolute Gasteiger partial charge is 0.268 e. The highest BCUT2D eigenvalue weighted by molar-refractivity contribution is 9.10. The molecule has 0 amide bonds. The van der Waals surface area contributed by atoms with E-state index in [-0.39, 0.29) is 27.5 Å². The number of allylic oxidation sites excluding steroid dienone is 1. The van der Waals surface area contributed by atoms with Gasteiger partial charge in [-0.3, -0.25) is 4.31 Å². The van der Waals surface area contributed by atoms with Crippen molar-refractivity contribution in [3.8, 4) is 0 Å². The van der Waals surface area contributed by atoms with Crippen LogP contribution in [-0.2, 0) is 30.1 Å². The van der Waals surface area contributed by atoms with Crippen molar-refractivity contribution in [2.45, 2.75) is 54.3 Å². The molecule has 6 aromatic carbocycles. The zero-order valence-electron chi connectivity index (χ0n) is 34.1. The van der Waals surface area contributed by atoms with Gasteiger partial charge in [0.05, 0.1) is 37.8 Å². The number of sulfonamides is 3. The molecule has 0 radical (unpaired) electrons. The van der Waals surface area contributed by atoms with E-state index in [0.717, 1.165) is 29.9 Å². The summed E-state index contributed by atoms with van der Waals surface area (Å²) in [5, 5.41) is 0. The Morgan fingerprint density at radius 3 is 1.32 bits per heavy atom. The zero-order valence-corrected chi connectivity index (χ0v) is 39.7. The number of hydrogen-bond acceptors (Lipinski definition) is 6. The number of halogens is 2. The smallest absolute Gasteiger partial charge is 0.255 e. The van der Waals surface area contributed by atoms with Gasteiger partial charge in [-0.25, -0.2) is 33.9 Å². The third-order valence-corrected chi connectivity index (χ3v) is 16.6. The van der Waals surface area contributed by atoms with Gasteiger partial charge in [0.2, 0.25) is 0 Å². The van der Waals surface area contributed by atoms with Crippen LogP contribution in [0.3, 0.4) is 0 Å². The lowest BCUT2D eigenvalue weighted by Crippen LogP contribution is -2.45. The molecule has 0 aromatic heterocycles. The Hall–Kier alpha value is -5.25. The summed E-state index contributed by atoms with van der Waals surface area (Å²) in [4.78, 5) is 0.113. The summed E-state index contributed by atoms with van der Waals surface area (Å²) in [6.07, 6.45) is 3.03. The number of para-hydroxylation sites is 1. The second kappa shape index (κ2) is 18.2. The van der Waals surface area contributed by atoms with E-state index < -0.39 is 36.1 Å². The zero-order chi connectivity index (χ0) is 44.4. The molecule has 1 saturated carbocycles. The van der Waals surface area contributed by atoms with Gasteiger partial charge in [0.15, 0.2) is 0 Å². The average molecular weight is 1010 g/mol. The van der Waals surface area contributed by atoms with Crippen molar-refractivity contribution < 1.29 is 25.3 Å². The van der Waals surface area contributed by atoms with Crippen LogP contribution in [-0.4, -0.2) is 31.3 Å². The molecule has 0 heterocycles. The molecule has 1 aliphatic rings. The van der Waals surface area contributed by atoms with E-state index >= 15 is 8.42 Å². The summed E-state index contributed by atoms with van der Waals surface area (Å²) in [6.45, 7) is 10.1. The standard InChI is InChI=1S/C48H43Br2N3O6S3/c1-34-10-24-45(25-11-34)60(54,55)51(43-20-16-40(49)17-21-43)32-38-30-37(4)48(53(44-22-18-41(50)19-23-44)62(58,59)47-28-14-36(3)15-29-47)39(31-38)33-52(42-8-6-5-7-9-42)61(56,57)46-26-12-35(2)13-27-46/h5-29,32-33,48H,4,30-31H2,1-3H3/b38-32+,39-33+. The Bertz CT molecular complexity index is 3000. The number of rotatable bonds is 12. The molecule has 1 fully saturated rings. The van der Waals surface area contributed by atoms with E-state index in [4.69, 9.17) is 0 Å². The van der Waals surface area contributed by atoms with Crippen LogP contribution >= 0.6 is 31.9 Å². The molecular weight excluding hydrogens is 971 g/mol. The van der Waals surface area contributed by atoms with E-state index in [1.807, 2.05) is 20.8 Å². The molecule has 1 atom stereocenters. The molecule has 1 unspecified atom stereocenters. The first-order valence-electron chi connectivity index (χ1n) is 19.4. The van der Waals surface area contributed by atoms with Crippen molar-refractivity contribution in [2.75, 3.05) is 12.9 Å². The Kier molecular flexibility index (Phi) is 13.2. The molecule has 1 aliphatic carbocycles. The Labute approximate surface area is 381 Å². The van der Waals surface area contributed by atoms with Crippen LogP contribution in [0.5, 0.6) is 0 Å². The van der Waals surface area contributed by atoms with Crippen molar-refractivity contribution in [3.63, 3.8) is 0 Å². The predicted molar refractivity (Wildman–Crippen MR) is 256 cm³/mol. The lowest BCUT2D eigenvalue weighted by molar-refractivity contribution is 0.583. The molecule has 7 rings (SSSR count). The van der Waals surface area contributed by atoms with Gasteiger partial charge in [-0.05, 0) is 147 Å². The summed E-state index contributed by atoms with van der Waals surface area (Å²) in [5.74, 6) is 0. The van der Waals surface area contributed by atoms with Gasteiger partial charge in [0.25, 0.3) is 30.1 Å². The number of benzene rings is 6. The Morgan fingerprint density at radius 1 is 0.484 bits per heavy atom. The van der Waals surface area contributed by atoms with Crippen molar-refractivity contribution in [1.82, 2.24) is 0 Å². The first kappa shape index (κ1) is 44.8. The maximum atomic E-state index is 15.1. The van der Waals surface area contributed by atoms with Crippen molar-refractivity contribution in [3.05, 3.63) is 213 Å². The number of anilines is 3. The first-order chi connectivity index (χ1) is 29.4. The molecular formula is C48H43Br2N3O6S3. The van der Waals surface area contributed by atoms with Gasteiger partial charge in [0.1, 0.15) is 0 Å². The summed E-state index contributed by atoms with van der Waals surface area (Å²) >= 11 is 6.94. The maximum absolute atomic E-state index is 15.1. The van der Waals surface area contributed by atoms with Crippen LogP contribution in [0.4, 0.5) is 17.1 Å². The molecule has 62 heavy (non-hydrogen) atoms. The van der Waals surface area contributed by atoms with Gasteiger partial charge in [0, 0.05) is 21.3 Å². The minimum absolute atomic E-state index is 0.0217. The fourth-order valence-electron chi connectivity index (χ4n) is 7.13. The number of nitrogens with zero attached hydrogens (tertiary/aromatic N) is 3. The first-order valence-corrected chi connectivity index (χ1v) is 25.3. The van der Waals surface area contributed by atoms with E-state index in [1.54, 1.807) is 140 Å². The van der Waals surface area contributed by atoms with Crippen LogP contribution in [0.1, 0.15) is 29.5 Å². The lowest BCUT2D eigenvalue weighted by Gasteiger charge is -2.40. The summed E-state index contributed by atoms with van der Waals surface area (Å²) in [7, 11) is -12.9. The van der Waals surface area contributed by atoms with Gasteiger partial charge < -0.3 is 0 Å². The topological polar surface area (TPSA) is 112 Å². The SMILES string of the molecule is C=C1C/C(=C\N(c2ccc(Br)cc2)S(=O)(=O)c2ccc(C)cc2)C/C(=C\N(c2ccccc2)S(=O)(=O)c2ccc(C)cc2)C1N(c1ccc(Br)cc1)S(=O)(=O)c1ccc(C)cc1. The summed E-state index contributed by atoms with van der Waals surface area (Å²) < 4.78 is 94.2. The van der Waals surface area contributed by atoms with Crippen LogP contribution in [0.25, 0.3) is 0 Å². The van der Waals surface area contributed by atoms with E-state index in [1.165, 1.54) is 33.1 Å². The second-order valence-electron chi connectivity index (χ2n) is 15.0. The van der Waals surface area contributed by atoms with Crippen LogP contribution in [0.2, 0.25) is 0 Å². The molecule has 0 spiro atoms. The number of aryl methyl sites for hydroxylation is 3. The Balaban J connectivity index is 1.48. The van der Waals surface area contributed by atoms with Crippen molar-refractivity contribution in [1.29, 1.82) is 0 Å². The summed E-state index contributed by atoms with van der Waals surface area (Å²) in [6, 6.07) is 40.6. The quantitative estimate of drug-likeness (QED) is 0.113. The predicted octanol–water partition coefficient (Wildman–Crippen LogP) is 11.6. The maximum Gasteiger partial charge on any atom is 0.268 e. The molecule has 0 N–H and O–H groups in total. The molecule has 6 aromatic rings. The molecule has 0 bridgehead atoms. The third kappa shape index (κ3) is 9.54. The van der Waals surface area contributed by atoms with Crippen LogP contribution < -0.4 is 12.9 Å². The van der Waals surface area contributed by atoms with Crippen molar-refractivity contribution in [2.24, 2.45) is 0 Å². The van der Waals surface area contributed by atoms with E-state index in [2.05, 4.69) is 38.4 Å². The normalized spacial score (nSPS) is 16.0. The minimum atomic E-state index is -4.37. The monoisotopic (exact) mass is 1010 g/mol. The molecule has 14 heteroatoms. The van der Waals surface area contributed by atoms with Gasteiger partial charge in [-0.15, -0.1) is 0 Å². The highest BCUT2D eigenvalue weighted by Gasteiger charge is 2.40. The van der Waals surface area contributed by atoms with Crippen LogP contribution in [0.15, 0.2) is 211 Å². The van der Waals surface area contributed by atoms with Crippen LogP contribution in [0, 0.1) is 20.8 Å². The fourth-order valence-corrected chi connectivity index (χ4v) is 12.1. The molecule has 0 aliphatic heterocycles. The lowest BCUT2D eigenvalue weighted by atomic mass is 9.83. The van der Waals surface area contributed by atoms with Crippen molar-refractivity contribution >= 4 is 79.0 Å². The second-order valence-corrected chi connectivity index (χ2v) is 22.3. The third-order valence-electron chi connectivity index (χ3n) is 10.3. The van der Waals surface area contributed by atoms with Gasteiger partial charge >= 0.3 is 0 Å². The molecule has 0 saturated heterocycles. The highest BCUT2D eigenvalue weighted by atomic mass is 79.9.